The van der Waals surface area contributed by atoms with E-state index in [0.29, 0.717) is 6.61 Å². The van der Waals surface area contributed by atoms with Gasteiger partial charge >= 0.3 is 5.97 Å². The minimum atomic E-state index is -0.432. The highest BCUT2D eigenvalue weighted by molar-refractivity contribution is 5.76. The molecule has 0 saturated carbocycles. The van der Waals surface area contributed by atoms with E-state index in [-0.39, 0.29) is 18.6 Å². The molecule has 21 heavy (non-hydrogen) atoms. The molecule has 1 aliphatic carbocycles. The number of carbonyl (C=O) groups excluding carboxylic acids is 1. The Kier molecular flexibility index (Phi) is 5.62. The summed E-state index contributed by atoms with van der Waals surface area (Å²) in [5.74, 6) is 0.572. The molecule has 1 N–H and O–H groups in total. The Bertz CT molecular complexity index is 485. The van der Waals surface area contributed by atoms with Crippen molar-refractivity contribution in [2.24, 2.45) is 0 Å². The summed E-state index contributed by atoms with van der Waals surface area (Å²) >= 11 is 0. The van der Waals surface area contributed by atoms with E-state index in [1.165, 1.54) is 17.5 Å². The summed E-state index contributed by atoms with van der Waals surface area (Å²) in [6.45, 7) is 6.48. The molecule has 4 heteroatoms. The van der Waals surface area contributed by atoms with E-state index in [0.717, 1.165) is 18.6 Å². The largest absolute Gasteiger partial charge is 0.491 e. The van der Waals surface area contributed by atoms with E-state index in [2.05, 4.69) is 17.4 Å². The van der Waals surface area contributed by atoms with Crippen molar-refractivity contribution in [3.8, 4) is 5.75 Å². The third-order valence-electron chi connectivity index (χ3n) is 3.59. The van der Waals surface area contributed by atoms with Crippen LogP contribution in [0.1, 0.15) is 38.3 Å². The number of benzene rings is 1. The third kappa shape index (κ3) is 4.46. The predicted molar refractivity (Wildman–Crippen MR) is 82.7 cm³/mol. The molecule has 1 atom stereocenters. The van der Waals surface area contributed by atoms with Gasteiger partial charge in [-0.1, -0.05) is 19.9 Å². The second-order valence-corrected chi connectivity index (χ2v) is 5.72. The monoisotopic (exact) mass is 291 g/mol. The Labute approximate surface area is 126 Å². The molecule has 0 heterocycles. The summed E-state index contributed by atoms with van der Waals surface area (Å²) < 4.78 is 10.9. The molecule has 0 spiro atoms. The first-order valence-corrected chi connectivity index (χ1v) is 7.77. The standard InChI is InChI=1S/C17H25NO3/c1-4-20-17(19)16(18-12(2)3)11-21-15-9-8-13-6-5-7-14(13)10-15/h8-10,12,16,18H,4-7,11H2,1-3H3. The average molecular weight is 291 g/mol. The predicted octanol–water partition coefficient (Wildman–Crippen LogP) is 2.48. The number of carbonyl (C=O) groups is 1. The number of nitrogens with one attached hydrogen (secondary N) is 1. The van der Waals surface area contributed by atoms with E-state index in [1.54, 1.807) is 0 Å². The molecule has 0 amide bonds. The molecule has 4 nitrogen and oxygen atoms in total. The van der Waals surface area contributed by atoms with E-state index in [9.17, 15) is 4.79 Å². The van der Waals surface area contributed by atoms with Gasteiger partial charge in [-0.15, -0.1) is 0 Å². The van der Waals surface area contributed by atoms with Crippen LogP contribution < -0.4 is 10.1 Å². The Morgan fingerprint density at radius 3 is 2.76 bits per heavy atom. The second-order valence-electron chi connectivity index (χ2n) is 5.72. The molecule has 116 valence electrons. The topological polar surface area (TPSA) is 47.6 Å². The van der Waals surface area contributed by atoms with Gasteiger partial charge in [-0.3, -0.25) is 10.1 Å². The first-order valence-electron chi connectivity index (χ1n) is 7.77. The van der Waals surface area contributed by atoms with Crippen LogP contribution in [0.15, 0.2) is 18.2 Å². The molecule has 0 saturated heterocycles. The van der Waals surface area contributed by atoms with Gasteiger partial charge in [0.1, 0.15) is 18.4 Å². The number of esters is 1. The van der Waals surface area contributed by atoms with Gasteiger partial charge in [0.15, 0.2) is 0 Å². The van der Waals surface area contributed by atoms with Gasteiger partial charge in [0.05, 0.1) is 6.61 Å². The molecule has 0 aromatic heterocycles. The molecule has 1 aliphatic rings. The van der Waals surface area contributed by atoms with Crippen LogP contribution >= 0.6 is 0 Å². The quantitative estimate of drug-likeness (QED) is 0.784. The first kappa shape index (κ1) is 15.8. The van der Waals surface area contributed by atoms with Crippen molar-refractivity contribution < 1.29 is 14.3 Å². The number of ether oxygens (including phenoxy) is 2. The zero-order valence-electron chi connectivity index (χ0n) is 13.1. The molecule has 0 bridgehead atoms. The van der Waals surface area contributed by atoms with Gasteiger partial charge in [-0.25, -0.2) is 0 Å². The lowest BCUT2D eigenvalue weighted by molar-refractivity contribution is -0.146. The van der Waals surface area contributed by atoms with Crippen LogP contribution in [0.3, 0.4) is 0 Å². The van der Waals surface area contributed by atoms with Gasteiger partial charge in [0.2, 0.25) is 0 Å². The number of aryl methyl sites for hydroxylation is 2. The normalized spacial score (nSPS) is 14.9. The number of rotatable bonds is 7. The van der Waals surface area contributed by atoms with Crippen molar-refractivity contribution in [2.45, 2.75) is 52.1 Å². The second kappa shape index (κ2) is 7.46. The van der Waals surface area contributed by atoms with Crippen molar-refractivity contribution in [2.75, 3.05) is 13.2 Å². The molecular formula is C17H25NO3. The fourth-order valence-electron chi connectivity index (χ4n) is 2.65. The highest BCUT2D eigenvalue weighted by atomic mass is 16.5. The van der Waals surface area contributed by atoms with Crippen molar-refractivity contribution in [3.05, 3.63) is 29.3 Å². The fraction of sp³-hybridized carbons (Fsp3) is 0.588. The minimum absolute atomic E-state index is 0.197. The van der Waals surface area contributed by atoms with Crippen LogP contribution in [-0.2, 0) is 22.4 Å². The maximum absolute atomic E-state index is 11.9. The lowest BCUT2D eigenvalue weighted by Crippen LogP contribution is -2.45. The summed E-state index contributed by atoms with van der Waals surface area (Å²) in [6.07, 6.45) is 3.51. The zero-order valence-corrected chi connectivity index (χ0v) is 13.1. The lowest BCUT2D eigenvalue weighted by atomic mass is 10.1. The summed E-state index contributed by atoms with van der Waals surface area (Å²) in [6, 6.07) is 5.98. The third-order valence-corrected chi connectivity index (χ3v) is 3.59. The summed E-state index contributed by atoms with van der Waals surface area (Å²) in [5, 5.41) is 3.19. The van der Waals surface area contributed by atoms with E-state index in [1.807, 2.05) is 26.8 Å². The minimum Gasteiger partial charge on any atom is -0.491 e. The van der Waals surface area contributed by atoms with Crippen molar-refractivity contribution in [3.63, 3.8) is 0 Å². The molecule has 0 aliphatic heterocycles. The Hall–Kier alpha value is -1.55. The molecule has 0 fully saturated rings. The van der Waals surface area contributed by atoms with Crippen LogP contribution in [0.25, 0.3) is 0 Å². The first-order chi connectivity index (χ1) is 10.1. The van der Waals surface area contributed by atoms with Crippen molar-refractivity contribution in [1.29, 1.82) is 0 Å². The SMILES string of the molecule is CCOC(=O)C(COc1ccc2c(c1)CCC2)NC(C)C. The highest BCUT2D eigenvalue weighted by Gasteiger charge is 2.21. The summed E-state index contributed by atoms with van der Waals surface area (Å²) in [5.41, 5.74) is 2.79. The lowest BCUT2D eigenvalue weighted by Gasteiger charge is -2.20. The van der Waals surface area contributed by atoms with Crippen LogP contribution in [0.4, 0.5) is 0 Å². The maximum Gasteiger partial charge on any atom is 0.326 e. The van der Waals surface area contributed by atoms with Crippen LogP contribution in [0.5, 0.6) is 5.75 Å². The average Bonchev–Trinajstić information content (AvgIpc) is 2.90. The van der Waals surface area contributed by atoms with Gasteiger partial charge in [-0.2, -0.15) is 0 Å². The molecule has 1 aromatic carbocycles. The summed E-state index contributed by atoms with van der Waals surface area (Å²) in [4.78, 5) is 11.9. The Morgan fingerprint density at radius 2 is 2.05 bits per heavy atom. The van der Waals surface area contributed by atoms with E-state index >= 15 is 0 Å². The number of hydrogen-bond acceptors (Lipinski definition) is 4. The van der Waals surface area contributed by atoms with Crippen LogP contribution in [0.2, 0.25) is 0 Å². The smallest absolute Gasteiger partial charge is 0.326 e. The van der Waals surface area contributed by atoms with Gasteiger partial charge in [-0.05, 0) is 49.4 Å². The molecule has 0 radical (unpaired) electrons. The van der Waals surface area contributed by atoms with E-state index in [4.69, 9.17) is 9.47 Å². The Morgan fingerprint density at radius 1 is 1.29 bits per heavy atom. The van der Waals surface area contributed by atoms with Gasteiger partial charge in [0, 0.05) is 6.04 Å². The fourth-order valence-corrected chi connectivity index (χ4v) is 2.65. The van der Waals surface area contributed by atoms with Gasteiger partial charge < -0.3 is 9.47 Å². The number of fused-ring (bicyclic) bond motifs is 1. The van der Waals surface area contributed by atoms with Crippen molar-refractivity contribution >= 4 is 5.97 Å². The molecule has 2 rings (SSSR count). The van der Waals surface area contributed by atoms with Crippen LogP contribution in [-0.4, -0.2) is 31.3 Å². The molecular weight excluding hydrogens is 266 g/mol. The molecule has 1 aromatic rings. The molecule has 1 unspecified atom stereocenters. The van der Waals surface area contributed by atoms with E-state index < -0.39 is 6.04 Å². The van der Waals surface area contributed by atoms with Gasteiger partial charge in [0.25, 0.3) is 0 Å². The van der Waals surface area contributed by atoms with Crippen molar-refractivity contribution in [1.82, 2.24) is 5.32 Å². The zero-order chi connectivity index (χ0) is 15.2. The highest BCUT2D eigenvalue weighted by Crippen LogP contribution is 2.26. The summed E-state index contributed by atoms with van der Waals surface area (Å²) in [7, 11) is 0. The number of hydrogen-bond donors (Lipinski definition) is 1. The maximum atomic E-state index is 11.9. The Balaban J connectivity index is 1.95. The van der Waals surface area contributed by atoms with Crippen LogP contribution in [0, 0.1) is 0 Å².